The Bertz CT molecular complexity index is 639. The fourth-order valence-electron chi connectivity index (χ4n) is 4.26. The van der Waals surface area contributed by atoms with Gasteiger partial charge in [-0.3, -0.25) is 4.90 Å². The van der Waals surface area contributed by atoms with E-state index >= 15 is 0 Å². The second kappa shape index (κ2) is 8.67. The normalized spacial score (nSPS) is 23.0. The first-order valence-corrected chi connectivity index (χ1v) is 9.41. The molecule has 2 aliphatic rings. The van der Waals surface area contributed by atoms with E-state index < -0.39 is 0 Å². The number of nitrogens with zero attached hydrogens (tertiary/aromatic N) is 5. The van der Waals surface area contributed by atoms with Gasteiger partial charge in [-0.2, -0.15) is 5.26 Å². The SMILES string of the molecule is COc1nccc(N2CCN(C3CCN(C)CC3)[C@H](CCO)C2)c1C#N. The van der Waals surface area contributed by atoms with Crippen molar-refractivity contribution in [2.24, 2.45) is 0 Å². The van der Waals surface area contributed by atoms with Crippen LogP contribution in [0.1, 0.15) is 24.8 Å². The summed E-state index contributed by atoms with van der Waals surface area (Å²) in [5, 5.41) is 19.1. The predicted molar refractivity (Wildman–Crippen MR) is 100 cm³/mol. The summed E-state index contributed by atoms with van der Waals surface area (Å²) in [4.78, 5) is 11.4. The number of hydrogen-bond acceptors (Lipinski definition) is 7. The number of piperazine rings is 1. The molecule has 0 bridgehead atoms. The number of piperidine rings is 1. The van der Waals surface area contributed by atoms with Gasteiger partial charge in [-0.1, -0.05) is 0 Å². The van der Waals surface area contributed by atoms with Crippen LogP contribution >= 0.6 is 0 Å². The Hall–Kier alpha value is -1.88. The van der Waals surface area contributed by atoms with E-state index in [1.165, 1.54) is 12.8 Å². The zero-order valence-corrected chi connectivity index (χ0v) is 15.8. The minimum Gasteiger partial charge on any atom is -0.480 e. The number of likely N-dealkylation sites (tertiary alicyclic amines) is 1. The Morgan fingerprint density at radius 1 is 1.31 bits per heavy atom. The number of hydrogen-bond donors (Lipinski definition) is 1. The van der Waals surface area contributed by atoms with Crippen LogP contribution in [-0.4, -0.2) is 85.5 Å². The Kier molecular flexibility index (Phi) is 6.30. The van der Waals surface area contributed by atoms with Crippen LogP contribution in [0.2, 0.25) is 0 Å². The third-order valence-electron chi connectivity index (χ3n) is 5.69. The third-order valence-corrected chi connectivity index (χ3v) is 5.69. The standard InChI is InChI=1S/C19H29N5O2/c1-22-8-4-15(5-9-22)24-11-10-23(14-16(24)6-12-25)18-3-7-21-19(26-2)17(18)13-20/h3,7,15-16,25H,4-6,8-12,14H2,1-2H3/t16-/m1/s1. The van der Waals surface area contributed by atoms with Gasteiger partial charge in [-0.25, -0.2) is 4.98 Å². The van der Waals surface area contributed by atoms with Crippen molar-refractivity contribution < 1.29 is 9.84 Å². The van der Waals surface area contributed by atoms with Crippen LogP contribution in [0.25, 0.3) is 0 Å². The number of aliphatic hydroxyl groups excluding tert-OH is 1. The molecule has 0 aromatic carbocycles. The van der Waals surface area contributed by atoms with E-state index in [0.29, 0.717) is 23.5 Å². The van der Waals surface area contributed by atoms with Crippen molar-refractivity contribution in [3.63, 3.8) is 0 Å². The molecule has 0 amide bonds. The minimum atomic E-state index is 0.187. The monoisotopic (exact) mass is 359 g/mol. The molecule has 3 rings (SSSR count). The van der Waals surface area contributed by atoms with Crippen molar-refractivity contribution in [1.29, 1.82) is 5.26 Å². The van der Waals surface area contributed by atoms with Crippen molar-refractivity contribution in [1.82, 2.24) is 14.8 Å². The fourth-order valence-corrected chi connectivity index (χ4v) is 4.26. The third kappa shape index (κ3) is 3.93. The second-order valence-electron chi connectivity index (χ2n) is 7.21. The molecule has 7 heteroatoms. The lowest BCUT2D eigenvalue weighted by Gasteiger charge is -2.48. The van der Waals surface area contributed by atoms with Crippen molar-refractivity contribution in [2.75, 3.05) is 58.4 Å². The molecule has 0 aliphatic carbocycles. The van der Waals surface area contributed by atoms with Gasteiger partial charge in [0.05, 0.1) is 12.8 Å². The Morgan fingerprint density at radius 2 is 2.08 bits per heavy atom. The van der Waals surface area contributed by atoms with Gasteiger partial charge < -0.3 is 19.6 Å². The first-order valence-electron chi connectivity index (χ1n) is 9.41. The lowest BCUT2D eigenvalue weighted by Crippen LogP contribution is -2.58. The Labute approximate surface area is 155 Å². The highest BCUT2D eigenvalue weighted by atomic mass is 16.5. The van der Waals surface area contributed by atoms with Gasteiger partial charge in [0.15, 0.2) is 0 Å². The summed E-state index contributed by atoms with van der Waals surface area (Å²) in [6.45, 7) is 5.10. The maximum absolute atomic E-state index is 9.58. The van der Waals surface area contributed by atoms with Gasteiger partial charge in [-0.05, 0) is 45.5 Å². The summed E-state index contributed by atoms with van der Waals surface area (Å²) in [6.07, 6.45) is 4.82. The lowest BCUT2D eigenvalue weighted by atomic mass is 9.98. The molecule has 7 nitrogen and oxygen atoms in total. The first-order chi connectivity index (χ1) is 12.7. The van der Waals surface area contributed by atoms with Gasteiger partial charge in [0, 0.05) is 44.5 Å². The van der Waals surface area contributed by atoms with E-state index in [2.05, 4.69) is 32.8 Å². The molecule has 26 heavy (non-hydrogen) atoms. The number of rotatable bonds is 5. The predicted octanol–water partition coefficient (Wildman–Crippen LogP) is 0.929. The molecule has 142 valence electrons. The van der Waals surface area contributed by atoms with E-state index in [-0.39, 0.29) is 6.61 Å². The first kappa shape index (κ1) is 18.9. The van der Waals surface area contributed by atoms with E-state index in [0.717, 1.165) is 44.8 Å². The number of aliphatic hydroxyl groups is 1. The molecule has 2 aliphatic heterocycles. The van der Waals surface area contributed by atoms with Crippen LogP contribution in [0.5, 0.6) is 5.88 Å². The average Bonchev–Trinajstić information content (AvgIpc) is 2.68. The van der Waals surface area contributed by atoms with Gasteiger partial charge in [0.25, 0.3) is 0 Å². The Morgan fingerprint density at radius 3 is 2.73 bits per heavy atom. The van der Waals surface area contributed by atoms with Crippen LogP contribution in [0.3, 0.4) is 0 Å². The van der Waals surface area contributed by atoms with Crippen molar-refractivity contribution >= 4 is 5.69 Å². The van der Waals surface area contributed by atoms with Crippen molar-refractivity contribution in [2.45, 2.75) is 31.3 Å². The largest absolute Gasteiger partial charge is 0.480 e. The molecule has 1 aromatic heterocycles. The minimum absolute atomic E-state index is 0.187. The molecular formula is C19H29N5O2. The number of anilines is 1. The highest BCUT2D eigenvalue weighted by molar-refractivity contribution is 5.63. The number of methoxy groups -OCH3 is 1. The van der Waals surface area contributed by atoms with Crippen molar-refractivity contribution in [3.8, 4) is 11.9 Å². The van der Waals surface area contributed by atoms with E-state index in [4.69, 9.17) is 4.74 Å². The van der Waals surface area contributed by atoms with Crippen LogP contribution in [-0.2, 0) is 0 Å². The molecule has 2 saturated heterocycles. The summed E-state index contributed by atoms with van der Waals surface area (Å²) < 4.78 is 5.25. The van der Waals surface area contributed by atoms with Crippen LogP contribution in [0, 0.1) is 11.3 Å². The van der Waals surface area contributed by atoms with Crippen LogP contribution in [0.15, 0.2) is 12.3 Å². The molecule has 2 fully saturated rings. The number of aromatic nitrogens is 1. The van der Waals surface area contributed by atoms with E-state index in [1.807, 2.05) is 6.07 Å². The van der Waals surface area contributed by atoms with Gasteiger partial charge in [0.2, 0.25) is 5.88 Å². The Balaban J connectivity index is 1.77. The van der Waals surface area contributed by atoms with Gasteiger partial charge >= 0.3 is 0 Å². The summed E-state index contributed by atoms with van der Waals surface area (Å²) in [5.41, 5.74) is 1.37. The second-order valence-corrected chi connectivity index (χ2v) is 7.21. The summed E-state index contributed by atoms with van der Waals surface area (Å²) in [7, 11) is 3.72. The molecule has 1 aromatic rings. The zero-order chi connectivity index (χ0) is 18.5. The smallest absolute Gasteiger partial charge is 0.233 e. The fraction of sp³-hybridized carbons (Fsp3) is 0.684. The maximum atomic E-state index is 9.58. The summed E-state index contributed by atoms with van der Waals surface area (Å²) in [5.74, 6) is 0.376. The molecular weight excluding hydrogens is 330 g/mol. The number of ether oxygens (including phenoxy) is 1. The molecule has 1 N–H and O–H groups in total. The molecule has 0 spiro atoms. The summed E-state index contributed by atoms with van der Waals surface area (Å²) in [6, 6.07) is 5.02. The van der Waals surface area contributed by atoms with Crippen LogP contribution in [0.4, 0.5) is 5.69 Å². The van der Waals surface area contributed by atoms with Gasteiger partial charge in [-0.15, -0.1) is 0 Å². The molecule has 0 radical (unpaired) electrons. The van der Waals surface area contributed by atoms with Crippen molar-refractivity contribution in [3.05, 3.63) is 17.8 Å². The quantitative estimate of drug-likeness (QED) is 0.838. The number of pyridine rings is 1. The molecule has 0 unspecified atom stereocenters. The number of nitriles is 1. The van der Waals surface area contributed by atoms with E-state index in [1.54, 1.807) is 13.3 Å². The molecule has 3 heterocycles. The highest BCUT2D eigenvalue weighted by Gasteiger charge is 2.34. The highest BCUT2D eigenvalue weighted by Crippen LogP contribution is 2.30. The zero-order valence-electron chi connectivity index (χ0n) is 15.8. The molecule has 0 saturated carbocycles. The topological polar surface area (TPSA) is 75.9 Å². The summed E-state index contributed by atoms with van der Waals surface area (Å²) >= 11 is 0. The van der Waals surface area contributed by atoms with Gasteiger partial charge in [0.1, 0.15) is 11.6 Å². The van der Waals surface area contributed by atoms with E-state index in [9.17, 15) is 10.4 Å². The lowest BCUT2D eigenvalue weighted by molar-refractivity contribution is 0.0598. The average molecular weight is 359 g/mol. The maximum Gasteiger partial charge on any atom is 0.233 e. The molecule has 1 atom stereocenters. The van der Waals surface area contributed by atoms with Crippen LogP contribution < -0.4 is 9.64 Å².